The highest BCUT2D eigenvalue weighted by molar-refractivity contribution is 7.11. The maximum Gasteiger partial charge on any atom is 0.140 e. The first kappa shape index (κ1) is 13.9. The molecule has 0 saturated carbocycles. The monoisotopic (exact) mass is 292 g/mol. The molecule has 0 spiro atoms. The summed E-state index contributed by atoms with van der Waals surface area (Å²) in [6.45, 7) is 4.29. The van der Waals surface area contributed by atoms with Gasteiger partial charge in [-0.25, -0.2) is 4.98 Å². The van der Waals surface area contributed by atoms with Crippen molar-refractivity contribution >= 4 is 22.9 Å². The van der Waals surface area contributed by atoms with Crippen molar-refractivity contribution in [1.29, 1.82) is 5.26 Å². The van der Waals surface area contributed by atoms with E-state index >= 15 is 0 Å². The van der Waals surface area contributed by atoms with E-state index in [0.717, 1.165) is 26.9 Å². The quantitative estimate of drug-likeness (QED) is 0.854. The van der Waals surface area contributed by atoms with E-state index in [9.17, 15) is 0 Å². The number of aromatic nitrogens is 1. The van der Waals surface area contributed by atoms with E-state index in [-0.39, 0.29) is 0 Å². The minimum absolute atomic E-state index is 0.406. The highest BCUT2D eigenvalue weighted by atomic mass is 35.5. The largest absolute Gasteiger partial charge is 0.486 e. The van der Waals surface area contributed by atoms with Crippen molar-refractivity contribution < 1.29 is 4.74 Å². The Morgan fingerprint density at radius 3 is 2.89 bits per heavy atom. The number of benzene rings is 1. The molecule has 19 heavy (non-hydrogen) atoms. The zero-order valence-electron chi connectivity index (χ0n) is 10.7. The number of nitrogens with zero attached hydrogens (tertiary/aromatic N) is 2. The fraction of sp³-hybridized carbons (Fsp3) is 0.286. The van der Waals surface area contributed by atoms with E-state index in [1.54, 1.807) is 6.07 Å². The van der Waals surface area contributed by atoms with E-state index in [0.29, 0.717) is 18.1 Å². The summed E-state index contributed by atoms with van der Waals surface area (Å²) in [6, 6.07) is 7.67. The number of hydrogen-bond donors (Lipinski definition) is 0. The fourth-order valence-electron chi connectivity index (χ4n) is 1.70. The average molecular weight is 293 g/mol. The number of aryl methyl sites for hydroxylation is 2. The molecule has 0 fully saturated rings. The minimum atomic E-state index is 0.406. The fourth-order valence-corrected chi connectivity index (χ4v) is 2.84. The van der Waals surface area contributed by atoms with Crippen molar-refractivity contribution in [2.75, 3.05) is 0 Å². The first-order valence-electron chi connectivity index (χ1n) is 5.81. The van der Waals surface area contributed by atoms with Crippen LogP contribution in [0.25, 0.3) is 0 Å². The molecular weight excluding hydrogens is 280 g/mol. The molecule has 0 atom stereocenters. The molecule has 0 amide bonds. The Morgan fingerprint density at radius 1 is 1.42 bits per heavy atom. The van der Waals surface area contributed by atoms with Crippen LogP contribution in [0.2, 0.25) is 5.02 Å². The molecule has 2 aromatic rings. The second-order valence-corrected chi connectivity index (χ2v) is 5.75. The molecule has 1 aromatic carbocycles. The SMILES string of the molecule is Cc1cc(Cl)ccc1OCc1nc(C)c(CC#N)s1. The predicted molar refractivity (Wildman–Crippen MR) is 76.7 cm³/mol. The van der Waals surface area contributed by atoms with Crippen LogP contribution >= 0.6 is 22.9 Å². The van der Waals surface area contributed by atoms with Crippen LogP contribution in [0.15, 0.2) is 18.2 Å². The summed E-state index contributed by atoms with van der Waals surface area (Å²) >= 11 is 7.42. The number of hydrogen-bond acceptors (Lipinski definition) is 4. The maximum atomic E-state index is 8.71. The number of halogens is 1. The van der Waals surface area contributed by atoms with Crippen molar-refractivity contribution in [3.8, 4) is 11.8 Å². The van der Waals surface area contributed by atoms with Gasteiger partial charge in [0, 0.05) is 9.90 Å². The number of thiazole rings is 1. The molecular formula is C14H13ClN2OS. The van der Waals surface area contributed by atoms with Crippen LogP contribution in [0, 0.1) is 25.2 Å². The van der Waals surface area contributed by atoms with Crippen LogP contribution in [0.5, 0.6) is 5.75 Å². The third-order valence-electron chi connectivity index (χ3n) is 2.66. The van der Waals surface area contributed by atoms with Gasteiger partial charge < -0.3 is 4.74 Å². The molecule has 0 unspecified atom stereocenters. The Bertz CT molecular complexity index is 631. The lowest BCUT2D eigenvalue weighted by Crippen LogP contribution is -1.96. The normalized spacial score (nSPS) is 10.2. The van der Waals surface area contributed by atoms with Gasteiger partial charge in [0.05, 0.1) is 18.2 Å². The number of rotatable bonds is 4. The van der Waals surface area contributed by atoms with Crippen molar-refractivity contribution in [1.82, 2.24) is 4.98 Å². The van der Waals surface area contributed by atoms with E-state index in [2.05, 4.69) is 11.1 Å². The lowest BCUT2D eigenvalue weighted by atomic mass is 10.2. The molecule has 5 heteroatoms. The van der Waals surface area contributed by atoms with Crippen LogP contribution in [0.1, 0.15) is 21.1 Å². The van der Waals surface area contributed by atoms with Crippen LogP contribution in [-0.4, -0.2) is 4.98 Å². The Kier molecular flexibility index (Phi) is 4.41. The van der Waals surface area contributed by atoms with Gasteiger partial charge in [-0.05, 0) is 37.6 Å². The molecule has 0 saturated heterocycles. The Morgan fingerprint density at radius 2 is 2.21 bits per heavy atom. The summed E-state index contributed by atoms with van der Waals surface area (Å²) in [5, 5.41) is 10.3. The third kappa shape index (κ3) is 3.46. The number of nitriles is 1. The first-order chi connectivity index (χ1) is 9.10. The van der Waals surface area contributed by atoms with Gasteiger partial charge in [-0.3, -0.25) is 0 Å². The second kappa shape index (κ2) is 6.05. The molecule has 0 aliphatic heterocycles. The van der Waals surface area contributed by atoms with Gasteiger partial charge in [0.15, 0.2) is 0 Å². The number of ether oxygens (including phenoxy) is 1. The molecule has 1 aromatic heterocycles. The van der Waals surface area contributed by atoms with Crippen molar-refractivity contribution in [2.45, 2.75) is 26.9 Å². The van der Waals surface area contributed by atoms with Crippen LogP contribution < -0.4 is 4.74 Å². The lowest BCUT2D eigenvalue weighted by Gasteiger charge is -2.07. The Hall–Kier alpha value is -1.57. The molecule has 0 aliphatic rings. The predicted octanol–water partition coefficient (Wildman–Crippen LogP) is 4.06. The molecule has 98 valence electrons. The standard InChI is InChI=1S/C14H13ClN2OS/c1-9-7-11(15)3-4-12(9)18-8-14-17-10(2)13(19-14)5-6-16/h3-4,7H,5,8H2,1-2H3. The van der Waals surface area contributed by atoms with Crippen molar-refractivity contribution in [2.24, 2.45) is 0 Å². The highest BCUT2D eigenvalue weighted by Gasteiger charge is 2.08. The summed E-state index contributed by atoms with van der Waals surface area (Å²) in [5.74, 6) is 0.805. The van der Waals surface area contributed by atoms with Gasteiger partial charge in [-0.2, -0.15) is 5.26 Å². The second-order valence-electron chi connectivity index (χ2n) is 4.15. The first-order valence-corrected chi connectivity index (χ1v) is 7.00. The van der Waals surface area contributed by atoms with Crippen LogP contribution in [0.3, 0.4) is 0 Å². The molecule has 1 heterocycles. The van der Waals surface area contributed by atoms with Crippen molar-refractivity contribution in [3.05, 3.63) is 44.4 Å². The molecule has 0 bridgehead atoms. The Labute approximate surface area is 121 Å². The zero-order chi connectivity index (χ0) is 13.8. The van der Waals surface area contributed by atoms with Gasteiger partial charge in [0.25, 0.3) is 0 Å². The van der Waals surface area contributed by atoms with Gasteiger partial charge in [-0.15, -0.1) is 11.3 Å². The smallest absolute Gasteiger partial charge is 0.140 e. The van der Waals surface area contributed by atoms with Crippen LogP contribution in [0.4, 0.5) is 0 Å². The van der Waals surface area contributed by atoms with Gasteiger partial charge in [0.2, 0.25) is 0 Å². The average Bonchev–Trinajstić information content (AvgIpc) is 2.70. The molecule has 0 aliphatic carbocycles. The van der Waals surface area contributed by atoms with Crippen LogP contribution in [-0.2, 0) is 13.0 Å². The summed E-state index contributed by atoms with van der Waals surface area (Å²) in [7, 11) is 0. The van der Waals surface area contributed by atoms with E-state index < -0.39 is 0 Å². The lowest BCUT2D eigenvalue weighted by molar-refractivity contribution is 0.303. The zero-order valence-corrected chi connectivity index (χ0v) is 12.3. The van der Waals surface area contributed by atoms with Gasteiger partial charge in [-0.1, -0.05) is 11.6 Å². The Balaban J connectivity index is 2.06. The van der Waals surface area contributed by atoms with Gasteiger partial charge in [0.1, 0.15) is 17.4 Å². The summed E-state index contributed by atoms with van der Waals surface area (Å²) < 4.78 is 5.73. The van der Waals surface area contributed by atoms with E-state index in [1.807, 2.05) is 26.0 Å². The topological polar surface area (TPSA) is 45.9 Å². The molecule has 0 radical (unpaired) electrons. The van der Waals surface area contributed by atoms with Crippen molar-refractivity contribution in [3.63, 3.8) is 0 Å². The summed E-state index contributed by atoms with van der Waals surface area (Å²) in [4.78, 5) is 5.42. The highest BCUT2D eigenvalue weighted by Crippen LogP contribution is 2.24. The van der Waals surface area contributed by atoms with E-state index in [4.69, 9.17) is 21.6 Å². The molecule has 3 nitrogen and oxygen atoms in total. The summed E-state index contributed by atoms with van der Waals surface area (Å²) in [6.07, 6.45) is 0.406. The molecule has 0 N–H and O–H groups in total. The minimum Gasteiger partial charge on any atom is -0.486 e. The molecule has 2 rings (SSSR count). The van der Waals surface area contributed by atoms with Gasteiger partial charge >= 0.3 is 0 Å². The maximum absolute atomic E-state index is 8.71. The van der Waals surface area contributed by atoms with E-state index in [1.165, 1.54) is 11.3 Å². The summed E-state index contributed by atoms with van der Waals surface area (Å²) in [5.41, 5.74) is 1.91. The third-order valence-corrected chi connectivity index (χ3v) is 4.03.